The van der Waals surface area contributed by atoms with Crippen LogP contribution in [0, 0.1) is 0 Å². The molecule has 0 spiro atoms. The van der Waals surface area contributed by atoms with Gasteiger partial charge in [-0.05, 0) is 36.6 Å². The zero-order chi connectivity index (χ0) is 14.1. The van der Waals surface area contributed by atoms with Gasteiger partial charge in [0.05, 0.1) is 16.1 Å². The van der Waals surface area contributed by atoms with Crippen molar-refractivity contribution >= 4 is 23.2 Å². The van der Waals surface area contributed by atoms with Gasteiger partial charge in [0.1, 0.15) is 11.9 Å². The Morgan fingerprint density at radius 1 is 1.05 bits per heavy atom. The molecule has 4 heteroatoms. The molecule has 1 aliphatic carbocycles. The molecular formula is C16H14Cl2O2. The Morgan fingerprint density at radius 2 is 1.75 bits per heavy atom. The average molecular weight is 309 g/mol. The largest absolute Gasteiger partial charge is 0.490 e. The summed E-state index contributed by atoms with van der Waals surface area (Å²) < 4.78 is 5.68. The van der Waals surface area contributed by atoms with E-state index in [1.807, 2.05) is 24.3 Å². The minimum Gasteiger partial charge on any atom is -0.490 e. The van der Waals surface area contributed by atoms with Crippen LogP contribution in [0.25, 0.3) is 0 Å². The molecule has 0 aromatic heterocycles. The molecule has 0 saturated heterocycles. The molecule has 1 saturated carbocycles. The summed E-state index contributed by atoms with van der Waals surface area (Å²) in [7, 11) is 0. The van der Waals surface area contributed by atoms with Gasteiger partial charge in [-0.25, -0.2) is 0 Å². The first-order valence-corrected chi connectivity index (χ1v) is 7.29. The van der Waals surface area contributed by atoms with E-state index in [4.69, 9.17) is 27.9 Å². The molecule has 20 heavy (non-hydrogen) atoms. The highest BCUT2D eigenvalue weighted by atomic mass is 35.5. The normalized spacial score (nSPS) is 15.9. The summed E-state index contributed by atoms with van der Waals surface area (Å²) in [4.78, 5) is 0. The second-order valence-corrected chi connectivity index (χ2v) is 5.72. The molecule has 0 amide bonds. The van der Waals surface area contributed by atoms with Crippen molar-refractivity contribution in [1.82, 2.24) is 0 Å². The number of rotatable bonds is 4. The molecule has 0 radical (unpaired) electrons. The van der Waals surface area contributed by atoms with Crippen molar-refractivity contribution in [3.8, 4) is 5.75 Å². The van der Waals surface area contributed by atoms with E-state index in [2.05, 4.69) is 0 Å². The zero-order valence-electron chi connectivity index (χ0n) is 10.7. The minimum absolute atomic E-state index is 0.369. The maximum atomic E-state index is 10.4. The van der Waals surface area contributed by atoms with Gasteiger partial charge in [0.2, 0.25) is 0 Å². The molecular weight excluding hydrogens is 295 g/mol. The first kappa shape index (κ1) is 13.7. The van der Waals surface area contributed by atoms with Crippen molar-refractivity contribution in [2.75, 3.05) is 0 Å². The molecule has 0 bridgehead atoms. The topological polar surface area (TPSA) is 29.5 Å². The molecule has 3 rings (SSSR count). The molecule has 1 N–H and O–H groups in total. The van der Waals surface area contributed by atoms with E-state index in [0.717, 1.165) is 24.2 Å². The highest BCUT2D eigenvalue weighted by molar-refractivity contribution is 6.42. The number of aliphatic hydroxyl groups is 1. The Bertz CT molecular complexity index is 606. The van der Waals surface area contributed by atoms with E-state index in [1.165, 1.54) is 0 Å². The SMILES string of the molecule is OC(c1ccc(OC2CC2)cc1)c1cccc(Cl)c1Cl. The van der Waals surface area contributed by atoms with E-state index in [-0.39, 0.29) is 0 Å². The first-order chi connectivity index (χ1) is 9.65. The minimum atomic E-state index is -0.795. The lowest BCUT2D eigenvalue weighted by molar-refractivity contribution is 0.220. The number of benzene rings is 2. The van der Waals surface area contributed by atoms with E-state index in [0.29, 0.717) is 21.7 Å². The predicted octanol–water partition coefficient (Wildman–Crippen LogP) is 4.62. The van der Waals surface area contributed by atoms with Crippen molar-refractivity contribution in [3.63, 3.8) is 0 Å². The van der Waals surface area contributed by atoms with Crippen LogP contribution >= 0.6 is 23.2 Å². The number of hydrogen-bond donors (Lipinski definition) is 1. The quantitative estimate of drug-likeness (QED) is 0.893. The molecule has 1 unspecified atom stereocenters. The van der Waals surface area contributed by atoms with Crippen molar-refractivity contribution < 1.29 is 9.84 Å². The summed E-state index contributed by atoms with van der Waals surface area (Å²) in [5.74, 6) is 0.834. The average Bonchev–Trinajstić information content (AvgIpc) is 3.26. The van der Waals surface area contributed by atoms with Gasteiger partial charge >= 0.3 is 0 Å². The highest BCUT2D eigenvalue weighted by Crippen LogP contribution is 2.34. The van der Waals surface area contributed by atoms with Crippen molar-refractivity contribution in [3.05, 3.63) is 63.6 Å². The van der Waals surface area contributed by atoms with Crippen LogP contribution in [0.5, 0.6) is 5.75 Å². The van der Waals surface area contributed by atoms with Gasteiger partial charge in [0.25, 0.3) is 0 Å². The Hall–Kier alpha value is -1.22. The van der Waals surface area contributed by atoms with Gasteiger partial charge < -0.3 is 9.84 Å². The Morgan fingerprint density at radius 3 is 2.40 bits per heavy atom. The highest BCUT2D eigenvalue weighted by Gasteiger charge is 2.23. The van der Waals surface area contributed by atoms with Gasteiger partial charge in [0, 0.05) is 5.56 Å². The number of ether oxygens (including phenoxy) is 1. The van der Waals surface area contributed by atoms with Crippen LogP contribution in [0.15, 0.2) is 42.5 Å². The number of hydrogen-bond acceptors (Lipinski definition) is 2. The molecule has 104 valence electrons. The van der Waals surface area contributed by atoms with Gasteiger partial charge in [0.15, 0.2) is 0 Å². The molecule has 2 nitrogen and oxygen atoms in total. The van der Waals surface area contributed by atoms with Crippen molar-refractivity contribution in [1.29, 1.82) is 0 Å². The summed E-state index contributed by atoms with van der Waals surface area (Å²) in [5.41, 5.74) is 1.37. The van der Waals surface area contributed by atoms with Crippen molar-refractivity contribution in [2.24, 2.45) is 0 Å². The van der Waals surface area contributed by atoms with Crippen LogP contribution in [0.3, 0.4) is 0 Å². The molecule has 1 fully saturated rings. The maximum Gasteiger partial charge on any atom is 0.119 e. The lowest BCUT2D eigenvalue weighted by atomic mass is 10.0. The molecule has 1 atom stereocenters. The van der Waals surface area contributed by atoms with Crippen LogP contribution in [0.1, 0.15) is 30.1 Å². The fraction of sp³-hybridized carbons (Fsp3) is 0.250. The maximum absolute atomic E-state index is 10.4. The van der Waals surface area contributed by atoms with E-state index in [9.17, 15) is 5.11 Å². The van der Waals surface area contributed by atoms with E-state index < -0.39 is 6.10 Å². The standard InChI is InChI=1S/C16H14Cl2O2/c17-14-3-1-2-13(15(14)18)16(19)10-4-6-11(7-5-10)20-12-8-9-12/h1-7,12,16,19H,8-9H2. The summed E-state index contributed by atoms with van der Waals surface area (Å²) in [6, 6.07) is 12.7. The third kappa shape index (κ3) is 2.93. The molecule has 0 aliphatic heterocycles. The predicted molar refractivity (Wildman–Crippen MR) is 80.6 cm³/mol. The molecule has 1 aliphatic rings. The summed E-state index contributed by atoms with van der Waals surface area (Å²) in [5, 5.41) is 11.2. The molecule has 0 heterocycles. The monoisotopic (exact) mass is 308 g/mol. The third-order valence-electron chi connectivity index (χ3n) is 3.30. The second kappa shape index (κ2) is 5.65. The third-order valence-corrected chi connectivity index (χ3v) is 4.13. The summed E-state index contributed by atoms with van der Waals surface area (Å²) >= 11 is 12.1. The molecule has 2 aromatic rings. The van der Waals surface area contributed by atoms with Gasteiger partial charge in [-0.15, -0.1) is 0 Å². The van der Waals surface area contributed by atoms with Crippen LogP contribution in [-0.2, 0) is 0 Å². The Balaban J connectivity index is 1.82. The second-order valence-electron chi connectivity index (χ2n) is 4.93. The van der Waals surface area contributed by atoms with Gasteiger partial charge in [-0.2, -0.15) is 0 Å². The van der Waals surface area contributed by atoms with Crippen LogP contribution in [0.4, 0.5) is 0 Å². The van der Waals surface area contributed by atoms with Gasteiger partial charge in [-0.3, -0.25) is 0 Å². The molecule has 2 aromatic carbocycles. The smallest absolute Gasteiger partial charge is 0.119 e. The van der Waals surface area contributed by atoms with Crippen LogP contribution in [-0.4, -0.2) is 11.2 Å². The first-order valence-electron chi connectivity index (χ1n) is 6.54. The van der Waals surface area contributed by atoms with E-state index in [1.54, 1.807) is 18.2 Å². The van der Waals surface area contributed by atoms with Crippen LogP contribution < -0.4 is 4.74 Å². The summed E-state index contributed by atoms with van der Waals surface area (Å²) in [6.45, 7) is 0. The van der Waals surface area contributed by atoms with Crippen LogP contribution in [0.2, 0.25) is 10.0 Å². The van der Waals surface area contributed by atoms with Crippen molar-refractivity contribution in [2.45, 2.75) is 25.0 Å². The van der Waals surface area contributed by atoms with E-state index >= 15 is 0 Å². The fourth-order valence-corrected chi connectivity index (χ4v) is 2.43. The lowest BCUT2D eigenvalue weighted by Gasteiger charge is -2.14. The summed E-state index contributed by atoms with van der Waals surface area (Å²) in [6.07, 6.45) is 1.83. The Kier molecular flexibility index (Phi) is 3.88. The zero-order valence-corrected chi connectivity index (χ0v) is 12.2. The van der Waals surface area contributed by atoms with Gasteiger partial charge in [-0.1, -0.05) is 47.5 Å². The number of halogens is 2. The Labute approximate surface area is 127 Å². The lowest BCUT2D eigenvalue weighted by Crippen LogP contribution is -2.01. The fourth-order valence-electron chi connectivity index (χ4n) is 2.02. The number of aliphatic hydroxyl groups excluding tert-OH is 1.